The Labute approximate surface area is 201 Å². The number of nitrogens with zero attached hydrogens (tertiary/aromatic N) is 7. The number of thioether (sulfide) groups is 1. The average molecular weight is 477 g/mol. The summed E-state index contributed by atoms with van der Waals surface area (Å²) in [5.74, 6) is 3.56. The molecule has 1 aliphatic rings. The molecule has 174 valence electrons. The first-order valence-corrected chi connectivity index (χ1v) is 11.6. The Morgan fingerprint density at radius 2 is 1.82 bits per heavy atom. The maximum absolute atomic E-state index is 5.93. The Morgan fingerprint density at radius 1 is 1.03 bits per heavy atom. The fraction of sp³-hybridized carbons (Fsp3) is 0.261. The maximum atomic E-state index is 5.93. The van der Waals surface area contributed by atoms with Crippen molar-refractivity contribution >= 4 is 23.7 Å². The van der Waals surface area contributed by atoms with E-state index in [1.807, 2.05) is 69.6 Å². The number of nitrogen functional groups attached to an aromatic ring is 1. The van der Waals surface area contributed by atoms with Crippen LogP contribution in [0, 0.1) is 0 Å². The Morgan fingerprint density at radius 3 is 2.62 bits per heavy atom. The van der Waals surface area contributed by atoms with Crippen molar-refractivity contribution in [2.45, 2.75) is 23.9 Å². The smallest absolute Gasteiger partial charge is 0.231 e. The number of benzene rings is 2. The number of rotatable bonds is 7. The second-order valence-corrected chi connectivity index (χ2v) is 9.26. The van der Waals surface area contributed by atoms with Crippen LogP contribution in [0.2, 0.25) is 0 Å². The zero-order valence-corrected chi connectivity index (χ0v) is 19.9. The molecule has 1 unspecified atom stereocenters. The van der Waals surface area contributed by atoms with Gasteiger partial charge in [0, 0.05) is 19.7 Å². The molecule has 2 aromatic heterocycles. The topological polar surface area (TPSA) is 117 Å². The minimum atomic E-state index is -0.132. The Bertz CT molecular complexity index is 1310. The molecule has 5 rings (SSSR count). The summed E-state index contributed by atoms with van der Waals surface area (Å²) in [5, 5.41) is 9.64. The molecule has 4 aromatic rings. The standard InChI is InChI=1S/C23H24N8O2S/c1-14(19-25-21(24)27-22(26-19)30(2)3)34-23-29-28-20(16-7-5-4-6-8-16)31(23)12-15-9-10-17-18(11-15)33-13-32-17/h4-11,14H,12-13H2,1-3H3,(H2,24,25,26,27). The highest BCUT2D eigenvalue weighted by Gasteiger charge is 2.22. The first-order valence-electron chi connectivity index (χ1n) is 10.7. The van der Waals surface area contributed by atoms with Crippen molar-refractivity contribution in [1.82, 2.24) is 29.7 Å². The van der Waals surface area contributed by atoms with E-state index in [4.69, 9.17) is 15.2 Å². The first kappa shape index (κ1) is 22.0. The number of nitrogens with two attached hydrogens (primary N) is 1. The molecule has 1 atom stereocenters. The van der Waals surface area contributed by atoms with Crippen LogP contribution < -0.4 is 20.1 Å². The molecule has 1 aliphatic heterocycles. The fourth-order valence-electron chi connectivity index (χ4n) is 3.53. The number of ether oxygens (including phenoxy) is 2. The molecule has 0 amide bonds. The van der Waals surface area contributed by atoms with Gasteiger partial charge in [-0.05, 0) is 24.6 Å². The van der Waals surface area contributed by atoms with E-state index in [1.165, 1.54) is 11.8 Å². The van der Waals surface area contributed by atoms with Crippen molar-refractivity contribution in [3.8, 4) is 22.9 Å². The molecule has 34 heavy (non-hydrogen) atoms. The lowest BCUT2D eigenvalue weighted by molar-refractivity contribution is 0.174. The molecule has 2 N–H and O–H groups in total. The molecular formula is C23H24N8O2S. The van der Waals surface area contributed by atoms with E-state index in [9.17, 15) is 0 Å². The van der Waals surface area contributed by atoms with Gasteiger partial charge in [0.15, 0.2) is 22.5 Å². The van der Waals surface area contributed by atoms with Crippen LogP contribution in [0.4, 0.5) is 11.9 Å². The number of aromatic nitrogens is 6. The summed E-state index contributed by atoms with van der Waals surface area (Å²) in [7, 11) is 3.73. The minimum absolute atomic E-state index is 0.132. The quantitative estimate of drug-likeness (QED) is 0.398. The van der Waals surface area contributed by atoms with Crippen molar-refractivity contribution in [2.24, 2.45) is 0 Å². The molecule has 0 radical (unpaired) electrons. The number of fused-ring (bicyclic) bond motifs is 1. The molecule has 2 aromatic carbocycles. The van der Waals surface area contributed by atoms with Crippen molar-refractivity contribution in [3.05, 3.63) is 59.9 Å². The van der Waals surface area contributed by atoms with Crippen LogP contribution in [-0.4, -0.2) is 50.6 Å². The maximum Gasteiger partial charge on any atom is 0.231 e. The molecule has 0 bridgehead atoms. The highest BCUT2D eigenvalue weighted by Crippen LogP contribution is 2.36. The molecule has 0 spiro atoms. The predicted molar refractivity (Wildman–Crippen MR) is 130 cm³/mol. The van der Waals surface area contributed by atoms with E-state index < -0.39 is 0 Å². The molecular weight excluding hydrogens is 452 g/mol. The summed E-state index contributed by atoms with van der Waals surface area (Å²) in [6, 6.07) is 15.9. The zero-order chi connectivity index (χ0) is 23.7. The number of hydrogen-bond acceptors (Lipinski definition) is 10. The van der Waals surface area contributed by atoms with E-state index in [1.54, 1.807) is 4.90 Å². The van der Waals surface area contributed by atoms with Crippen LogP contribution in [0.1, 0.15) is 23.6 Å². The third kappa shape index (κ3) is 4.46. The van der Waals surface area contributed by atoms with Crippen LogP contribution in [0.25, 0.3) is 11.4 Å². The van der Waals surface area contributed by atoms with Gasteiger partial charge >= 0.3 is 0 Å². The minimum Gasteiger partial charge on any atom is -0.454 e. The average Bonchev–Trinajstić information content (AvgIpc) is 3.46. The normalized spacial score (nSPS) is 13.1. The second kappa shape index (κ2) is 9.18. The largest absolute Gasteiger partial charge is 0.454 e. The molecule has 0 fully saturated rings. The third-order valence-corrected chi connectivity index (χ3v) is 6.31. The Hall–Kier alpha value is -3.86. The monoisotopic (exact) mass is 476 g/mol. The first-order chi connectivity index (χ1) is 16.5. The van der Waals surface area contributed by atoms with Crippen molar-refractivity contribution in [3.63, 3.8) is 0 Å². The fourth-order valence-corrected chi connectivity index (χ4v) is 4.42. The van der Waals surface area contributed by atoms with E-state index in [-0.39, 0.29) is 18.0 Å². The van der Waals surface area contributed by atoms with E-state index in [0.29, 0.717) is 18.3 Å². The van der Waals surface area contributed by atoms with Crippen LogP contribution in [-0.2, 0) is 6.54 Å². The van der Waals surface area contributed by atoms with Gasteiger partial charge in [-0.2, -0.15) is 15.0 Å². The Kier molecular flexibility index (Phi) is 5.93. The molecule has 0 aliphatic carbocycles. The van der Waals surface area contributed by atoms with E-state index in [2.05, 4.69) is 29.7 Å². The van der Waals surface area contributed by atoms with Crippen molar-refractivity contribution in [1.29, 1.82) is 0 Å². The van der Waals surface area contributed by atoms with Crippen LogP contribution in [0.15, 0.2) is 53.7 Å². The van der Waals surface area contributed by atoms with Crippen LogP contribution >= 0.6 is 11.8 Å². The molecule has 10 nitrogen and oxygen atoms in total. The molecule has 3 heterocycles. The summed E-state index contributed by atoms with van der Waals surface area (Å²) in [4.78, 5) is 14.9. The SMILES string of the molecule is CC(Sc1nnc(-c2ccccc2)n1Cc1ccc2c(c1)OCO2)c1nc(N)nc(N(C)C)n1. The highest BCUT2D eigenvalue weighted by molar-refractivity contribution is 7.99. The summed E-state index contributed by atoms with van der Waals surface area (Å²) in [6.07, 6.45) is 0. The zero-order valence-electron chi connectivity index (χ0n) is 19.0. The van der Waals surface area contributed by atoms with Crippen LogP contribution in [0.5, 0.6) is 11.5 Å². The van der Waals surface area contributed by atoms with Gasteiger partial charge in [-0.1, -0.05) is 48.2 Å². The van der Waals surface area contributed by atoms with Gasteiger partial charge in [0.2, 0.25) is 18.7 Å². The predicted octanol–water partition coefficient (Wildman–Crippen LogP) is 3.41. The second-order valence-electron chi connectivity index (χ2n) is 7.95. The number of anilines is 2. The summed E-state index contributed by atoms with van der Waals surface area (Å²) < 4.78 is 13.1. The van der Waals surface area contributed by atoms with Gasteiger partial charge in [-0.15, -0.1) is 10.2 Å². The van der Waals surface area contributed by atoms with Crippen molar-refractivity contribution < 1.29 is 9.47 Å². The lowest BCUT2D eigenvalue weighted by Crippen LogP contribution is -2.16. The molecule has 0 saturated carbocycles. The highest BCUT2D eigenvalue weighted by atomic mass is 32.2. The molecule has 11 heteroatoms. The van der Waals surface area contributed by atoms with Gasteiger partial charge in [0.25, 0.3) is 0 Å². The van der Waals surface area contributed by atoms with E-state index >= 15 is 0 Å². The summed E-state index contributed by atoms with van der Waals surface area (Å²) in [6.45, 7) is 2.81. The lowest BCUT2D eigenvalue weighted by atomic mass is 10.2. The van der Waals surface area contributed by atoms with Gasteiger partial charge < -0.3 is 20.1 Å². The molecule has 0 saturated heterocycles. The third-order valence-electron chi connectivity index (χ3n) is 5.23. The van der Waals surface area contributed by atoms with E-state index in [0.717, 1.165) is 33.6 Å². The van der Waals surface area contributed by atoms with Gasteiger partial charge in [0.05, 0.1) is 11.8 Å². The van der Waals surface area contributed by atoms with Gasteiger partial charge in [-0.25, -0.2) is 0 Å². The van der Waals surface area contributed by atoms with Crippen LogP contribution in [0.3, 0.4) is 0 Å². The summed E-state index contributed by atoms with van der Waals surface area (Å²) in [5.41, 5.74) is 7.96. The Balaban J connectivity index is 1.49. The summed E-state index contributed by atoms with van der Waals surface area (Å²) >= 11 is 1.52. The van der Waals surface area contributed by atoms with Gasteiger partial charge in [-0.3, -0.25) is 4.57 Å². The van der Waals surface area contributed by atoms with Gasteiger partial charge in [0.1, 0.15) is 5.82 Å². The van der Waals surface area contributed by atoms with Crippen molar-refractivity contribution in [2.75, 3.05) is 31.5 Å². The lowest BCUT2D eigenvalue weighted by Gasteiger charge is -2.15. The number of hydrogen-bond donors (Lipinski definition) is 1.